The molecule has 0 aliphatic heterocycles. The highest BCUT2D eigenvalue weighted by Crippen LogP contribution is 2.04. The van der Waals surface area contributed by atoms with Gasteiger partial charge in [-0.15, -0.1) is 0 Å². The van der Waals surface area contributed by atoms with Crippen LogP contribution in [0, 0.1) is 5.92 Å². The second-order valence-electron chi connectivity index (χ2n) is 3.90. The Morgan fingerprint density at radius 3 is 2.44 bits per heavy atom. The van der Waals surface area contributed by atoms with E-state index in [2.05, 4.69) is 5.32 Å². The van der Waals surface area contributed by atoms with E-state index >= 15 is 0 Å². The third kappa shape index (κ3) is 5.70. The average molecular weight is 229 g/mol. The molecule has 5 nitrogen and oxygen atoms in total. The lowest BCUT2D eigenvalue weighted by Gasteiger charge is -2.16. The van der Waals surface area contributed by atoms with E-state index < -0.39 is 0 Å². The molecule has 0 aliphatic carbocycles. The van der Waals surface area contributed by atoms with E-state index in [1.807, 2.05) is 13.8 Å². The molecule has 0 aromatic heterocycles. The van der Waals surface area contributed by atoms with Crippen molar-refractivity contribution in [3.63, 3.8) is 0 Å². The first-order valence-electron chi connectivity index (χ1n) is 5.75. The van der Waals surface area contributed by atoms with Gasteiger partial charge in [0.15, 0.2) is 0 Å². The largest absolute Gasteiger partial charge is 0.347 e. The fourth-order valence-corrected chi connectivity index (χ4v) is 1.21. The minimum Gasteiger partial charge on any atom is -0.347 e. The van der Waals surface area contributed by atoms with Gasteiger partial charge in [-0.2, -0.15) is 0 Å². The van der Waals surface area contributed by atoms with Gasteiger partial charge >= 0.3 is 0 Å². The summed E-state index contributed by atoms with van der Waals surface area (Å²) in [4.78, 5) is 24.4. The van der Waals surface area contributed by atoms with Crippen molar-refractivity contribution in [1.82, 2.24) is 10.2 Å². The molecule has 0 radical (unpaired) electrons. The van der Waals surface area contributed by atoms with Gasteiger partial charge in [0.1, 0.15) is 0 Å². The Kier molecular flexibility index (Phi) is 7.54. The van der Waals surface area contributed by atoms with Crippen LogP contribution in [0.15, 0.2) is 0 Å². The molecule has 94 valence electrons. The quantitative estimate of drug-likeness (QED) is 0.643. The smallest absolute Gasteiger partial charge is 0.241 e. The molecule has 0 aromatic rings. The van der Waals surface area contributed by atoms with Gasteiger partial charge < -0.3 is 16.0 Å². The summed E-state index contributed by atoms with van der Waals surface area (Å²) >= 11 is 0. The lowest BCUT2D eigenvalue weighted by Crippen LogP contribution is -2.38. The second kappa shape index (κ2) is 8.10. The maximum atomic E-state index is 11.4. The summed E-state index contributed by atoms with van der Waals surface area (Å²) in [6.07, 6.45) is 1.28. The van der Waals surface area contributed by atoms with Crippen LogP contribution in [0.4, 0.5) is 0 Å². The maximum absolute atomic E-state index is 11.4. The molecular formula is C11H23N3O2. The Hall–Kier alpha value is -1.10. The number of nitrogens with one attached hydrogen (secondary N) is 1. The van der Waals surface area contributed by atoms with Gasteiger partial charge in [-0.1, -0.05) is 13.3 Å². The van der Waals surface area contributed by atoms with Gasteiger partial charge in [0.05, 0.1) is 6.54 Å². The van der Waals surface area contributed by atoms with Crippen LogP contribution < -0.4 is 11.1 Å². The summed E-state index contributed by atoms with van der Waals surface area (Å²) in [6.45, 7) is 5.12. The van der Waals surface area contributed by atoms with Crippen LogP contribution in [0.5, 0.6) is 0 Å². The average Bonchev–Trinajstić information content (AvgIpc) is 2.31. The molecule has 5 heteroatoms. The minimum absolute atomic E-state index is 0.0725. The summed E-state index contributed by atoms with van der Waals surface area (Å²) in [6, 6.07) is 0. The molecule has 2 amide bonds. The Labute approximate surface area is 97.4 Å². The first kappa shape index (κ1) is 14.9. The summed E-state index contributed by atoms with van der Waals surface area (Å²) in [7, 11) is 1.71. The molecule has 3 N–H and O–H groups in total. The van der Waals surface area contributed by atoms with E-state index in [-0.39, 0.29) is 24.3 Å². The SMILES string of the molecule is CCC(CN)CC(=O)NCC(=O)N(C)CC. The van der Waals surface area contributed by atoms with E-state index in [0.717, 1.165) is 6.42 Å². The Morgan fingerprint density at radius 2 is 2.00 bits per heavy atom. The van der Waals surface area contributed by atoms with Crippen molar-refractivity contribution in [2.75, 3.05) is 26.7 Å². The molecule has 1 unspecified atom stereocenters. The number of likely N-dealkylation sites (N-methyl/N-ethyl adjacent to an activating group) is 1. The third-order valence-corrected chi connectivity index (χ3v) is 2.72. The van der Waals surface area contributed by atoms with Crippen LogP contribution >= 0.6 is 0 Å². The molecule has 0 rings (SSSR count). The van der Waals surface area contributed by atoms with E-state index in [1.165, 1.54) is 0 Å². The van der Waals surface area contributed by atoms with E-state index in [9.17, 15) is 9.59 Å². The molecule has 0 aliphatic rings. The molecule has 0 saturated carbocycles. The van der Waals surface area contributed by atoms with Gasteiger partial charge in [0.25, 0.3) is 0 Å². The third-order valence-electron chi connectivity index (χ3n) is 2.72. The fourth-order valence-electron chi connectivity index (χ4n) is 1.21. The van der Waals surface area contributed by atoms with Crippen molar-refractivity contribution in [3.8, 4) is 0 Å². The van der Waals surface area contributed by atoms with Crippen molar-refractivity contribution >= 4 is 11.8 Å². The number of amides is 2. The van der Waals surface area contributed by atoms with Gasteiger partial charge in [0, 0.05) is 20.0 Å². The predicted octanol–water partition coefficient (Wildman–Crippen LogP) is -0.0441. The van der Waals surface area contributed by atoms with Crippen LogP contribution in [0.25, 0.3) is 0 Å². The molecule has 0 spiro atoms. The Morgan fingerprint density at radius 1 is 1.38 bits per heavy atom. The summed E-state index contributed by atoms with van der Waals surface area (Å²) in [5, 5.41) is 2.61. The first-order chi connectivity index (χ1) is 7.54. The molecule has 0 aromatic carbocycles. The van der Waals surface area contributed by atoms with Crippen molar-refractivity contribution in [2.45, 2.75) is 26.7 Å². The molecule has 0 bridgehead atoms. The van der Waals surface area contributed by atoms with Gasteiger partial charge in [-0.3, -0.25) is 9.59 Å². The molecule has 0 heterocycles. The minimum atomic E-state index is -0.102. The van der Waals surface area contributed by atoms with Gasteiger partial charge in [-0.05, 0) is 19.4 Å². The van der Waals surface area contributed by atoms with Crippen LogP contribution in [0.2, 0.25) is 0 Å². The van der Waals surface area contributed by atoms with Crippen molar-refractivity contribution in [1.29, 1.82) is 0 Å². The number of carbonyl (C=O) groups excluding carboxylic acids is 2. The van der Waals surface area contributed by atoms with Crippen LogP contribution in [0.3, 0.4) is 0 Å². The first-order valence-corrected chi connectivity index (χ1v) is 5.75. The van der Waals surface area contributed by atoms with Crippen LogP contribution in [-0.2, 0) is 9.59 Å². The number of nitrogens with two attached hydrogens (primary N) is 1. The fraction of sp³-hybridized carbons (Fsp3) is 0.818. The highest BCUT2D eigenvalue weighted by atomic mass is 16.2. The summed E-state index contributed by atoms with van der Waals surface area (Å²) in [5.74, 6) is 0.0332. The van der Waals surface area contributed by atoms with E-state index in [1.54, 1.807) is 11.9 Å². The molecule has 0 saturated heterocycles. The standard InChI is InChI=1S/C11H23N3O2/c1-4-9(7-12)6-10(15)13-8-11(16)14(3)5-2/h9H,4-8,12H2,1-3H3,(H,13,15). The number of nitrogens with zero attached hydrogens (tertiary/aromatic N) is 1. The molecule has 16 heavy (non-hydrogen) atoms. The normalized spacial score (nSPS) is 12.0. The summed E-state index contributed by atoms with van der Waals surface area (Å²) < 4.78 is 0. The Bertz CT molecular complexity index is 227. The lowest BCUT2D eigenvalue weighted by molar-refractivity contribution is -0.131. The topological polar surface area (TPSA) is 75.4 Å². The predicted molar refractivity (Wildman–Crippen MR) is 63.8 cm³/mol. The second-order valence-corrected chi connectivity index (χ2v) is 3.90. The maximum Gasteiger partial charge on any atom is 0.241 e. The zero-order valence-corrected chi connectivity index (χ0v) is 10.5. The zero-order valence-electron chi connectivity index (χ0n) is 10.5. The lowest BCUT2D eigenvalue weighted by atomic mass is 10.0. The number of rotatable bonds is 7. The van der Waals surface area contributed by atoms with Crippen molar-refractivity contribution < 1.29 is 9.59 Å². The molecular weight excluding hydrogens is 206 g/mol. The Balaban J connectivity index is 3.85. The highest BCUT2D eigenvalue weighted by molar-refractivity contribution is 5.84. The highest BCUT2D eigenvalue weighted by Gasteiger charge is 2.12. The number of hydrogen-bond donors (Lipinski definition) is 2. The van der Waals surface area contributed by atoms with Crippen LogP contribution in [-0.4, -0.2) is 43.4 Å². The molecule has 1 atom stereocenters. The van der Waals surface area contributed by atoms with Gasteiger partial charge in [0.2, 0.25) is 11.8 Å². The van der Waals surface area contributed by atoms with Crippen molar-refractivity contribution in [2.24, 2.45) is 11.7 Å². The van der Waals surface area contributed by atoms with Crippen LogP contribution in [0.1, 0.15) is 26.7 Å². The number of hydrogen-bond acceptors (Lipinski definition) is 3. The van der Waals surface area contributed by atoms with E-state index in [0.29, 0.717) is 19.5 Å². The van der Waals surface area contributed by atoms with Crippen molar-refractivity contribution in [3.05, 3.63) is 0 Å². The zero-order chi connectivity index (χ0) is 12.6. The number of carbonyl (C=O) groups is 2. The van der Waals surface area contributed by atoms with Gasteiger partial charge in [-0.25, -0.2) is 0 Å². The van der Waals surface area contributed by atoms with E-state index in [4.69, 9.17) is 5.73 Å². The summed E-state index contributed by atoms with van der Waals surface area (Å²) in [5.41, 5.74) is 5.50. The molecule has 0 fully saturated rings. The monoisotopic (exact) mass is 229 g/mol.